The van der Waals surface area contributed by atoms with E-state index in [-0.39, 0.29) is 5.54 Å². The van der Waals surface area contributed by atoms with E-state index in [9.17, 15) is 4.79 Å². The average molecular weight is 238 g/mol. The van der Waals surface area contributed by atoms with Crippen LogP contribution < -0.4 is 5.32 Å². The zero-order valence-electron chi connectivity index (χ0n) is 11.1. The fraction of sp³-hybridized carbons (Fsp3) is 0.929. The first-order valence-corrected chi connectivity index (χ1v) is 7.29. The van der Waals surface area contributed by atoms with E-state index in [0.717, 1.165) is 38.9 Å². The lowest BCUT2D eigenvalue weighted by atomic mass is 9.81. The molecule has 0 saturated carbocycles. The maximum atomic E-state index is 12.1. The second-order valence-corrected chi connectivity index (χ2v) is 5.69. The summed E-state index contributed by atoms with van der Waals surface area (Å²) >= 11 is 0. The van der Waals surface area contributed by atoms with Crippen LogP contribution in [-0.2, 0) is 4.79 Å². The number of amides is 1. The van der Waals surface area contributed by atoms with E-state index in [1.165, 1.54) is 32.1 Å². The molecule has 3 nitrogen and oxygen atoms in total. The number of carbonyl (C=O) groups is 1. The minimum absolute atomic E-state index is 0.262. The van der Waals surface area contributed by atoms with Crippen molar-refractivity contribution in [2.24, 2.45) is 0 Å². The lowest BCUT2D eigenvalue weighted by Gasteiger charge is -2.46. The van der Waals surface area contributed by atoms with Gasteiger partial charge in [0.1, 0.15) is 0 Å². The van der Waals surface area contributed by atoms with Crippen molar-refractivity contribution in [1.29, 1.82) is 0 Å². The highest BCUT2D eigenvalue weighted by Gasteiger charge is 2.37. The number of nitrogens with one attached hydrogen (secondary N) is 1. The molecule has 1 atom stereocenters. The Morgan fingerprint density at radius 1 is 1.29 bits per heavy atom. The quantitative estimate of drug-likeness (QED) is 0.818. The van der Waals surface area contributed by atoms with Gasteiger partial charge in [0, 0.05) is 25.0 Å². The molecule has 1 N–H and O–H groups in total. The standard InChI is InChI=1S/C14H26N2O/c1-2-3-7-13(17)16-11-6-9-14(12-16)8-4-5-10-15-14/h15H,2-12H2,1H3/t14-/m1/s1. The van der Waals surface area contributed by atoms with Crippen LogP contribution in [0.2, 0.25) is 0 Å². The third kappa shape index (κ3) is 3.21. The monoisotopic (exact) mass is 238 g/mol. The van der Waals surface area contributed by atoms with Crippen LogP contribution in [0.5, 0.6) is 0 Å². The first kappa shape index (κ1) is 12.9. The summed E-state index contributed by atoms with van der Waals surface area (Å²) in [6.45, 7) is 5.21. The highest BCUT2D eigenvalue weighted by Crippen LogP contribution is 2.29. The summed E-state index contributed by atoms with van der Waals surface area (Å²) in [7, 11) is 0. The molecule has 0 aromatic rings. The van der Waals surface area contributed by atoms with Crippen molar-refractivity contribution in [1.82, 2.24) is 10.2 Å². The van der Waals surface area contributed by atoms with Crippen LogP contribution in [0, 0.1) is 0 Å². The summed E-state index contributed by atoms with van der Waals surface area (Å²) in [5.41, 5.74) is 0.262. The number of piperidine rings is 2. The Balaban J connectivity index is 1.89. The van der Waals surface area contributed by atoms with Gasteiger partial charge in [0.05, 0.1) is 0 Å². The summed E-state index contributed by atoms with van der Waals surface area (Å²) in [5.74, 6) is 0.373. The van der Waals surface area contributed by atoms with E-state index in [1.54, 1.807) is 0 Å². The molecule has 0 bridgehead atoms. The van der Waals surface area contributed by atoms with Gasteiger partial charge in [-0.25, -0.2) is 0 Å². The molecule has 0 aromatic carbocycles. The van der Waals surface area contributed by atoms with E-state index < -0.39 is 0 Å². The van der Waals surface area contributed by atoms with E-state index >= 15 is 0 Å². The number of hydrogen-bond acceptors (Lipinski definition) is 2. The molecular formula is C14H26N2O. The van der Waals surface area contributed by atoms with Gasteiger partial charge in [0.15, 0.2) is 0 Å². The number of rotatable bonds is 3. The van der Waals surface area contributed by atoms with Crippen molar-refractivity contribution in [3.05, 3.63) is 0 Å². The lowest BCUT2D eigenvalue weighted by molar-refractivity contribution is -0.134. The summed E-state index contributed by atoms with van der Waals surface area (Å²) in [6, 6.07) is 0. The van der Waals surface area contributed by atoms with Crippen LogP contribution in [0.3, 0.4) is 0 Å². The molecule has 2 aliphatic rings. The van der Waals surface area contributed by atoms with Gasteiger partial charge in [-0.05, 0) is 38.6 Å². The zero-order valence-corrected chi connectivity index (χ0v) is 11.1. The molecule has 0 radical (unpaired) electrons. The van der Waals surface area contributed by atoms with Crippen molar-refractivity contribution < 1.29 is 4.79 Å². The number of nitrogens with zero attached hydrogens (tertiary/aromatic N) is 1. The molecule has 0 unspecified atom stereocenters. The van der Waals surface area contributed by atoms with Crippen molar-refractivity contribution in [2.75, 3.05) is 19.6 Å². The van der Waals surface area contributed by atoms with Crippen molar-refractivity contribution in [3.63, 3.8) is 0 Å². The van der Waals surface area contributed by atoms with Crippen molar-refractivity contribution in [2.45, 2.75) is 63.8 Å². The molecule has 0 aliphatic carbocycles. The first-order valence-electron chi connectivity index (χ1n) is 7.29. The predicted octanol–water partition coefficient (Wildman–Crippen LogP) is 2.31. The third-order valence-corrected chi connectivity index (χ3v) is 4.26. The Kier molecular flexibility index (Phi) is 4.43. The highest BCUT2D eigenvalue weighted by molar-refractivity contribution is 5.76. The van der Waals surface area contributed by atoms with Gasteiger partial charge in [-0.2, -0.15) is 0 Å². The molecule has 98 valence electrons. The molecule has 2 heterocycles. The largest absolute Gasteiger partial charge is 0.341 e. The van der Waals surface area contributed by atoms with Crippen LogP contribution in [0.1, 0.15) is 58.3 Å². The SMILES string of the molecule is CCCCC(=O)N1CCC[C@]2(CCCCN2)C1. The van der Waals surface area contributed by atoms with Gasteiger partial charge in [0.2, 0.25) is 5.91 Å². The minimum Gasteiger partial charge on any atom is -0.341 e. The molecule has 2 rings (SSSR count). The molecule has 2 fully saturated rings. The smallest absolute Gasteiger partial charge is 0.222 e. The normalized spacial score (nSPS) is 29.6. The van der Waals surface area contributed by atoms with Gasteiger partial charge in [-0.3, -0.25) is 4.79 Å². The van der Waals surface area contributed by atoms with Gasteiger partial charge in [-0.1, -0.05) is 19.8 Å². The van der Waals surface area contributed by atoms with Crippen LogP contribution in [-0.4, -0.2) is 36.0 Å². The van der Waals surface area contributed by atoms with E-state index in [4.69, 9.17) is 0 Å². The van der Waals surface area contributed by atoms with Crippen molar-refractivity contribution in [3.8, 4) is 0 Å². The van der Waals surface area contributed by atoms with E-state index in [2.05, 4.69) is 17.1 Å². The summed E-state index contributed by atoms with van der Waals surface area (Å²) in [5, 5.41) is 3.68. The topological polar surface area (TPSA) is 32.3 Å². The van der Waals surface area contributed by atoms with Crippen LogP contribution in [0.15, 0.2) is 0 Å². The molecular weight excluding hydrogens is 212 g/mol. The third-order valence-electron chi connectivity index (χ3n) is 4.26. The fourth-order valence-electron chi connectivity index (χ4n) is 3.21. The zero-order chi connectivity index (χ0) is 12.1. The van der Waals surface area contributed by atoms with Gasteiger partial charge in [0.25, 0.3) is 0 Å². The van der Waals surface area contributed by atoms with E-state index in [1.807, 2.05) is 0 Å². The molecule has 17 heavy (non-hydrogen) atoms. The predicted molar refractivity (Wildman–Crippen MR) is 69.9 cm³/mol. The average Bonchev–Trinajstić information content (AvgIpc) is 2.37. The Morgan fingerprint density at radius 2 is 2.12 bits per heavy atom. The Bertz CT molecular complexity index is 253. The van der Waals surface area contributed by atoms with Gasteiger partial charge in [-0.15, -0.1) is 0 Å². The van der Waals surface area contributed by atoms with Gasteiger partial charge < -0.3 is 10.2 Å². The molecule has 1 amide bonds. The number of carbonyl (C=O) groups excluding carboxylic acids is 1. The number of likely N-dealkylation sites (tertiary alicyclic amines) is 1. The molecule has 3 heteroatoms. The maximum absolute atomic E-state index is 12.1. The lowest BCUT2D eigenvalue weighted by Crippen LogP contribution is -2.59. The van der Waals surface area contributed by atoms with Crippen molar-refractivity contribution >= 4 is 5.91 Å². The number of unbranched alkanes of at least 4 members (excludes halogenated alkanes) is 1. The summed E-state index contributed by atoms with van der Waals surface area (Å²) < 4.78 is 0. The van der Waals surface area contributed by atoms with Crippen LogP contribution >= 0.6 is 0 Å². The fourth-order valence-corrected chi connectivity index (χ4v) is 3.21. The molecule has 2 saturated heterocycles. The summed E-state index contributed by atoms with van der Waals surface area (Å²) in [4.78, 5) is 14.2. The Labute approximate surface area is 105 Å². The Morgan fingerprint density at radius 3 is 2.82 bits per heavy atom. The Hall–Kier alpha value is -0.570. The van der Waals surface area contributed by atoms with Crippen LogP contribution in [0.4, 0.5) is 0 Å². The molecule has 0 aromatic heterocycles. The van der Waals surface area contributed by atoms with E-state index in [0.29, 0.717) is 5.91 Å². The minimum atomic E-state index is 0.262. The van der Waals surface area contributed by atoms with Gasteiger partial charge >= 0.3 is 0 Å². The second kappa shape index (κ2) is 5.85. The molecule has 2 aliphatic heterocycles. The van der Waals surface area contributed by atoms with Crippen LogP contribution in [0.25, 0.3) is 0 Å². The summed E-state index contributed by atoms with van der Waals surface area (Å²) in [6.07, 6.45) is 9.20. The maximum Gasteiger partial charge on any atom is 0.222 e. The second-order valence-electron chi connectivity index (χ2n) is 5.69. The first-order chi connectivity index (χ1) is 8.26. The number of hydrogen-bond donors (Lipinski definition) is 1. The molecule has 1 spiro atoms. The highest BCUT2D eigenvalue weighted by atomic mass is 16.2.